The predicted octanol–water partition coefficient (Wildman–Crippen LogP) is -0.124. The summed E-state index contributed by atoms with van der Waals surface area (Å²) in [6, 6.07) is 0. The van der Waals surface area contributed by atoms with Crippen LogP contribution in [0.4, 0.5) is 0 Å². The van der Waals surface area contributed by atoms with Gasteiger partial charge in [-0.15, -0.1) is 6.58 Å². The summed E-state index contributed by atoms with van der Waals surface area (Å²) in [7, 11) is -2.89. The van der Waals surface area contributed by atoms with Crippen molar-refractivity contribution >= 4 is 21.7 Å². The van der Waals surface area contributed by atoms with Crippen LogP contribution in [0.3, 0.4) is 0 Å². The Labute approximate surface area is 161 Å². The maximum atomic E-state index is 12.5. The summed E-state index contributed by atoms with van der Waals surface area (Å²) in [4.78, 5) is 21.2. The number of hydrogen-bond acceptors (Lipinski definition) is 5. The van der Waals surface area contributed by atoms with E-state index < -0.39 is 9.84 Å². The maximum absolute atomic E-state index is 12.5. The number of nitrogens with one attached hydrogen (secondary N) is 1. The molecule has 0 bridgehead atoms. The van der Waals surface area contributed by atoms with E-state index in [1.54, 1.807) is 6.08 Å². The quantitative estimate of drug-likeness (QED) is 0.394. The molecule has 2 atom stereocenters. The van der Waals surface area contributed by atoms with Gasteiger partial charge in [-0.2, -0.15) is 0 Å². The number of nitrogens with zero attached hydrogens (tertiary/aromatic N) is 3. The van der Waals surface area contributed by atoms with Crippen LogP contribution in [0.5, 0.6) is 0 Å². The second-order valence-electron chi connectivity index (χ2n) is 7.42. The lowest BCUT2D eigenvalue weighted by atomic mass is 10.1. The van der Waals surface area contributed by atoms with Gasteiger partial charge in [0.2, 0.25) is 0 Å². The van der Waals surface area contributed by atoms with Crippen LogP contribution >= 0.6 is 0 Å². The molecule has 0 aromatic carbocycles. The van der Waals surface area contributed by atoms with Crippen LogP contribution in [0.1, 0.15) is 19.3 Å². The summed E-state index contributed by atoms with van der Waals surface area (Å²) in [6.45, 7) is 8.20. The number of hydrogen-bond donors (Lipinski definition) is 1. The summed E-state index contributed by atoms with van der Waals surface area (Å²) in [5.41, 5.74) is 0. The van der Waals surface area contributed by atoms with E-state index in [1.807, 2.05) is 4.90 Å². The summed E-state index contributed by atoms with van der Waals surface area (Å²) < 4.78 is 28.8. The number of sulfone groups is 1. The lowest BCUT2D eigenvalue weighted by Crippen LogP contribution is -2.55. The first kappa shape index (κ1) is 20.1. The van der Waals surface area contributed by atoms with Gasteiger partial charge in [0.1, 0.15) is 6.10 Å². The molecule has 0 aromatic rings. The number of amides is 1. The average molecular weight is 399 g/mol. The third-order valence-electron chi connectivity index (χ3n) is 5.33. The maximum Gasteiger partial charge on any atom is 0.251 e. The number of carbonyl (C=O) groups excluding carboxylic acids is 1. The molecule has 3 fully saturated rings. The minimum absolute atomic E-state index is 0.0953. The van der Waals surface area contributed by atoms with Crippen LogP contribution in [0.25, 0.3) is 0 Å². The minimum Gasteiger partial charge on any atom is -0.368 e. The lowest BCUT2D eigenvalue weighted by Gasteiger charge is -2.37. The smallest absolute Gasteiger partial charge is 0.251 e. The van der Waals surface area contributed by atoms with Gasteiger partial charge in [0, 0.05) is 45.9 Å². The molecular weight excluding hydrogens is 368 g/mol. The summed E-state index contributed by atoms with van der Waals surface area (Å²) in [5, 5.41) is 3.26. The van der Waals surface area contributed by atoms with Crippen LogP contribution in [0.15, 0.2) is 17.6 Å². The van der Waals surface area contributed by atoms with Crippen molar-refractivity contribution in [1.82, 2.24) is 15.1 Å². The molecule has 3 heterocycles. The highest BCUT2D eigenvalue weighted by atomic mass is 32.2. The molecule has 152 valence electrons. The van der Waals surface area contributed by atoms with Crippen molar-refractivity contribution in [2.24, 2.45) is 10.9 Å². The standard InChI is InChI=1S/C18H30N4O4S/c1-2-6-19-18(20-13-15-5-12-27(24,25)14-15)22-9-7-21(8-10-22)17(23)16-4-3-11-26-16/h2,15-16H,1,3-14H2,(H,19,20). The molecule has 2 unspecified atom stereocenters. The van der Waals surface area contributed by atoms with Crippen molar-refractivity contribution in [2.45, 2.75) is 25.4 Å². The largest absolute Gasteiger partial charge is 0.368 e. The minimum atomic E-state index is -2.89. The van der Waals surface area contributed by atoms with Crippen LogP contribution < -0.4 is 5.32 Å². The number of ether oxygens (including phenoxy) is 1. The molecule has 0 radical (unpaired) electrons. The molecule has 3 saturated heterocycles. The summed E-state index contributed by atoms with van der Waals surface area (Å²) in [5.74, 6) is 1.46. The Bertz CT molecular complexity index is 665. The van der Waals surface area contributed by atoms with E-state index in [4.69, 9.17) is 4.74 Å². The van der Waals surface area contributed by atoms with E-state index in [-0.39, 0.29) is 29.4 Å². The Balaban J connectivity index is 1.55. The fourth-order valence-corrected chi connectivity index (χ4v) is 5.63. The average Bonchev–Trinajstić information content (AvgIpc) is 3.31. The highest BCUT2D eigenvalue weighted by Crippen LogP contribution is 2.19. The molecule has 0 spiro atoms. The first-order valence-corrected chi connectivity index (χ1v) is 11.6. The highest BCUT2D eigenvalue weighted by molar-refractivity contribution is 7.91. The second kappa shape index (κ2) is 9.05. The number of rotatable bonds is 5. The van der Waals surface area contributed by atoms with Crippen molar-refractivity contribution in [3.63, 3.8) is 0 Å². The normalized spacial score (nSPS) is 28.4. The van der Waals surface area contributed by atoms with Gasteiger partial charge in [-0.1, -0.05) is 6.08 Å². The van der Waals surface area contributed by atoms with Crippen molar-refractivity contribution in [3.8, 4) is 0 Å². The number of carbonyl (C=O) groups is 1. The molecule has 3 rings (SSSR count). The van der Waals surface area contributed by atoms with Crippen molar-refractivity contribution < 1.29 is 17.9 Å². The van der Waals surface area contributed by atoms with Crippen LogP contribution in [-0.2, 0) is 19.4 Å². The molecule has 1 N–H and O–H groups in total. The first-order chi connectivity index (χ1) is 13.0. The molecule has 9 heteroatoms. The van der Waals surface area contributed by atoms with Gasteiger partial charge in [-0.05, 0) is 25.2 Å². The third kappa shape index (κ3) is 5.44. The number of piperazine rings is 1. The lowest BCUT2D eigenvalue weighted by molar-refractivity contribution is -0.142. The molecule has 8 nitrogen and oxygen atoms in total. The van der Waals surface area contributed by atoms with Crippen LogP contribution in [-0.4, -0.2) is 93.6 Å². The van der Waals surface area contributed by atoms with Crippen molar-refractivity contribution in [2.75, 3.05) is 57.4 Å². The van der Waals surface area contributed by atoms with E-state index in [0.717, 1.165) is 18.8 Å². The van der Waals surface area contributed by atoms with Crippen LogP contribution in [0, 0.1) is 5.92 Å². The fourth-order valence-electron chi connectivity index (χ4n) is 3.78. The van der Waals surface area contributed by atoms with Gasteiger partial charge < -0.3 is 19.9 Å². The summed E-state index contributed by atoms with van der Waals surface area (Å²) >= 11 is 0. The molecule has 0 aromatic heterocycles. The third-order valence-corrected chi connectivity index (χ3v) is 7.16. The molecule has 1 amide bonds. The zero-order valence-corrected chi connectivity index (χ0v) is 16.6. The zero-order chi connectivity index (χ0) is 19.3. The number of aliphatic imine (C=N–C) groups is 1. The molecule has 3 aliphatic heterocycles. The Morgan fingerprint density at radius 1 is 1.22 bits per heavy atom. The highest BCUT2D eigenvalue weighted by Gasteiger charge is 2.31. The summed E-state index contributed by atoms with van der Waals surface area (Å²) in [6.07, 6.45) is 3.96. The molecule has 3 aliphatic rings. The zero-order valence-electron chi connectivity index (χ0n) is 15.8. The second-order valence-corrected chi connectivity index (χ2v) is 9.65. The van der Waals surface area contributed by atoms with E-state index in [1.165, 1.54) is 0 Å². The van der Waals surface area contributed by atoms with Gasteiger partial charge in [0.05, 0.1) is 11.5 Å². The van der Waals surface area contributed by atoms with E-state index >= 15 is 0 Å². The van der Waals surface area contributed by atoms with E-state index in [0.29, 0.717) is 52.3 Å². The molecule has 0 saturated carbocycles. The monoisotopic (exact) mass is 398 g/mol. The van der Waals surface area contributed by atoms with Gasteiger partial charge in [-0.3, -0.25) is 9.79 Å². The molecule has 27 heavy (non-hydrogen) atoms. The Kier molecular flexibility index (Phi) is 6.75. The van der Waals surface area contributed by atoms with Gasteiger partial charge in [0.15, 0.2) is 15.8 Å². The topological polar surface area (TPSA) is 91.3 Å². The van der Waals surface area contributed by atoms with Gasteiger partial charge in [0.25, 0.3) is 5.91 Å². The van der Waals surface area contributed by atoms with Crippen LogP contribution in [0.2, 0.25) is 0 Å². The van der Waals surface area contributed by atoms with Gasteiger partial charge in [-0.25, -0.2) is 8.42 Å². The van der Waals surface area contributed by atoms with E-state index in [9.17, 15) is 13.2 Å². The van der Waals surface area contributed by atoms with Crippen molar-refractivity contribution in [3.05, 3.63) is 12.7 Å². The Morgan fingerprint density at radius 2 is 1.96 bits per heavy atom. The van der Waals surface area contributed by atoms with Crippen molar-refractivity contribution in [1.29, 1.82) is 0 Å². The SMILES string of the molecule is C=CCNC(=NCC1CCS(=O)(=O)C1)N1CCN(C(=O)C2CCCO2)CC1. The Morgan fingerprint density at radius 3 is 2.56 bits per heavy atom. The molecule has 0 aliphatic carbocycles. The fraction of sp³-hybridized carbons (Fsp3) is 0.778. The molecular formula is C18H30N4O4S. The predicted molar refractivity (Wildman–Crippen MR) is 104 cm³/mol. The Hall–Kier alpha value is -1.61. The van der Waals surface area contributed by atoms with Gasteiger partial charge >= 0.3 is 0 Å². The number of guanidine groups is 1. The van der Waals surface area contributed by atoms with E-state index in [2.05, 4.69) is 21.8 Å². The first-order valence-electron chi connectivity index (χ1n) is 9.73.